The lowest BCUT2D eigenvalue weighted by molar-refractivity contribution is 0.319. The summed E-state index contributed by atoms with van der Waals surface area (Å²) in [5.74, 6) is 5.30. The van der Waals surface area contributed by atoms with Gasteiger partial charge in [0.15, 0.2) is 0 Å². The first-order valence-electron chi connectivity index (χ1n) is 2.64. The third-order valence-electron chi connectivity index (χ3n) is 1.16. The lowest BCUT2D eigenvalue weighted by Gasteiger charge is -2.13. The van der Waals surface area contributed by atoms with Gasteiger partial charge in [-0.05, 0) is 6.92 Å². The van der Waals surface area contributed by atoms with E-state index in [0.717, 1.165) is 0 Å². The molecule has 0 radical (unpaired) electrons. The highest BCUT2D eigenvalue weighted by molar-refractivity contribution is 5.05. The number of allylic oxidation sites excluding steroid dienone is 1. The molecule has 0 aromatic carbocycles. The largest absolute Gasteiger partial charge is 0.399 e. The van der Waals surface area contributed by atoms with Crippen LogP contribution in [-0.2, 0) is 0 Å². The standard InChI is InChI=1S/C5H13N3O/c1-4(8(2)7)5(6)3-9/h9H,3,6-7H2,1-2H3/b5-4-. The monoisotopic (exact) mass is 131 g/mol. The molecule has 0 bridgehead atoms. The second kappa shape index (κ2) is 3.32. The van der Waals surface area contributed by atoms with Crippen molar-refractivity contribution < 1.29 is 5.11 Å². The summed E-state index contributed by atoms with van der Waals surface area (Å²) < 4.78 is 0. The Balaban J connectivity index is 4.10. The van der Waals surface area contributed by atoms with Gasteiger partial charge in [-0.25, -0.2) is 5.84 Å². The molecule has 0 rings (SSSR count). The summed E-state index contributed by atoms with van der Waals surface area (Å²) in [6.07, 6.45) is 0. The number of hydrogen-bond acceptors (Lipinski definition) is 4. The van der Waals surface area contributed by atoms with Crippen LogP contribution in [0.3, 0.4) is 0 Å². The van der Waals surface area contributed by atoms with Gasteiger partial charge in [0, 0.05) is 12.7 Å². The van der Waals surface area contributed by atoms with E-state index in [2.05, 4.69) is 0 Å². The summed E-state index contributed by atoms with van der Waals surface area (Å²) in [6, 6.07) is 0. The molecule has 0 aromatic heterocycles. The highest BCUT2D eigenvalue weighted by Crippen LogP contribution is 1.96. The Bertz CT molecular complexity index is 119. The molecule has 0 aliphatic heterocycles. The van der Waals surface area contributed by atoms with Crippen LogP contribution >= 0.6 is 0 Å². The summed E-state index contributed by atoms with van der Waals surface area (Å²) in [5, 5.41) is 9.86. The first-order valence-corrected chi connectivity index (χ1v) is 2.64. The highest BCUT2D eigenvalue weighted by atomic mass is 16.3. The Labute approximate surface area is 54.7 Å². The Morgan fingerprint density at radius 3 is 2.22 bits per heavy atom. The van der Waals surface area contributed by atoms with E-state index in [1.807, 2.05) is 0 Å². The van der Waals surface area contributed by atoms with Crippen molar-refractivity contribution in [1.29, 1.82) is 0 Å². The summed E-state index contributed by atoms with van der Waals surface area (Å²) in [7, 11) is 1.66. The maximum atomic E-state index is 8.49. The number of rotatable bonds is 2. The van der Waals surface area contributed by atoms with E-state index < -0.39 is 0 Å². The zero-order chi connectivity index (χ0) is 7.44. The summed E-state index contributed by atoms with van der Waals surface area (Å²) in [6.45, 7) is 1.60. The predicted octanol–water partition coefficient (Wildman–Crippen LogP) is -1.03. The normalized spacial score (nSPS) is 12.9. The minimum atomic E-state index is -0.145. The van der Waals surface area contributed by atoms with Gasteiger partial charge in [-0.2, -0.15) is 0 Å². The zero-order valence-electron chi connectivity index (χ0n) is 5.76. The minimum absolute atomic E-state index is 0.145. The first-order chi connectivity index (χ1) is 4.09. The average Bonchev–Trinajstić information content (AvgIpc) is 1.84. The molecule has 0 atom stereocenters. The van der Waals surface area contributed by atoms with Crippen LogP contribution in [0.4, 0.5) is 0 Å². The summed E-state index contributed by atoms with van der Waals surface area (Å²) in [4.78, 5) is 0. The zero-order valence-corrected chi connectivity index (χ0v) is 5.76. The van der Waals surface area contributed by atoms with Crippen LogP contribution in [0.25, 0.3) is 0 Å². The van der Waals surface area contributed by atoms with Crippen LogP contribution in [-0.4, -0.2) is 23.8 Å². The van der Waals surface area contributed by atoms with Gasteiger partial charge >= 0.3 is 0 Å². The minimum Gasteiger partial charge on any atom is -0.399 e. The summed E-state index contributed by atoms with van der Waals surface area (Å²) >= 11 is 0. The molecule has 4 heteroatoms. The number of aliphatic hydroxyl groups excluding tert-OH is 1. The molecule has 4 nitrogen and oxygen atoms in total. The molecule has 9 heavy (non-hydrogen) atoms. The quantitative estimate of drug-likeness (QED) is 0.331. The number of nitrogens with zero attached hydrogens (tertiary/aromatic N) is 1. The molecule has 0 saturated carbocycles. The molecule has 0 unspecified atom stereocenters. The van der Waals surface area contributed by atoms with Crippen molar-refractivity contribution in [3.05, 3.63) is 11.4 Å². The van der Waals surface area contributed by atoms with Crippen LogP contribution in [0.5, 0.6) is 0 Å². The van der Waals surface area contributed by atoms with E-state index in [-0.39, 0.29) is 6.61 Å². The van der Waals surface area contributed by atoms with Crippen molar-refractivity contribution in [3.8, 4) is 0 Å². The van der Waals surface area contributed by atoms with Crippen molar-refractivity contribution in [2.45, 2.75) is 6.92 Å². The molecule has 0 spiro atoms. The first kappa shape index (κ1) is 8.26. The fourth-order valence-corrected chi connectivity index (χ4v) is 0.341. The molecular formula is C5H13N3O. The van der Waals surface area contributed by atoms with Gasteiger partial charge in [0.05, 0.1) is 12.3 Å². The second-order valence-corrected chi connectivity index (χ2v) is 1.88. The Hall–Kier alpha value is -0.740. The van der Waals surface area contributed by atoms with Gasteiger partial charge in [-0.1, -0.05) is 0 Å². The second-order valence-electron chi connectivity index (χ2n) is 1.88. The molecular weight excluding hydrogens is 118 g/mol. The fourth-order valence-electron chi connectivity index (χ4n) is 0.341. The van der Waals surface area contributed by atoms with Gasteiger partial charge in [-0.15, -0.1) is 0 Å². The van der Waals surface area contributed by atoms with Crippen molar-refractivity contribution >= 4 is 0 Å². The number of aliphatic hydroxyl groups is 1. The number of nitrogens with two attached hydrogens (primary N) is 2. The van der Waals surface area contributed by atoms with Crippen LogP contribution in [0.2, 0.25) is 0 Å². The third kappa shape index (κ3) is 2.34. The van der Waals surface area contributed by atoms with Crippen LogP contribution in [0.1, 0.15) is 6.92 Å². The SMILES string of the molecule is C/C(=C(/N)CO)N(C)N. The Kier molecular flexibility index (Phi) is 3.05. The molecule has 0 aliphatic rings. The Morgan fingerprint density at radius 2 is 2.11 bits per heavy atom. The Morgan fingerprint density at radius 1 is 1.67 bits per heavy atom. The fraction of sp³-hybridized carbons (Fsp3) is 0.600. The average molecular weight is 131 g/mol. The van der Waals surface area contributed by atoms with Gasteiger partial charge < -0.3 is 15.8 Å². The molecule has 0 fully saturated rings. The van der Waals surface area contributed by atoms with Crippen molar-refractivity contribution in [2.75, 3.05) is 13.7 Å². The van der Waals surface area contributed by atoms with Gasteiger partial charge in [-0.3, -0.25) is 0 Å². The van der Waals surface area contributed by atoms with E-state index >= 15 is 0 Å². The molecule has 54 valence electrons. The highest BCUT2D eigenvalue weighted by Gasteiger charge is 1.96. The van der Waals surface area contributed by atoms with E-state index in [1.165, 1.54) is 5.01 Å². The van der Waals surface area contributed by atoms with Crippen molar-refractivity contribution in [1.82, 2.24) is 5.01 Å². The molecule has 5 N–H and O–H groups in total. The third-order valence-corrected chi connectivity index (χ3v) is 1.16. The van der Waals surface area contributed by atoms with Gasteiger partial charge in [0.2, 0.25) is 0 Å². The molecule has 0 amide bonds. The lowest BCUT2D eigenvalue weighted by atomic mass is 10.4. The number of hydrazine groups is 1. The molecule has 0 aromatic rings. The van der Waals surface area contributed by atoms with Crippen molar-refractivity contribution in [2.24, 2.45) is 11.6 Å². The topological polar surface area (TPSA) is 75.5 Å². The number of hydrogen-bond donors (Lipinski definition) is 3. The molecule has 0 saturated heterocycles. The van der Waals surface area contributed by atoms with Crippen LogP contribution in [0, 0.1) is 0 Å². The molecule has 0 heterocycles. The van der Waals surface area contributed by atoms with E-state index in [4.69, 9.17) is 16.7 Å². The smallest absolute Gasteiger partial charge is 0.0843 e. The van der Waals surface area contributed by atoms with Crippen LogP contribution in [0.15, 0.2) is 11.4 Å². The maximum absolute atomic E-state index is 8.49. The van der Waals surface area contributed by atoms with E-state index in [0.29, 0.717) is 11.4 Å². The lowest BCUT2D eigenvalue weighted by Crippen LogP contribution is -2.27. The van der Waals surface area contributed by atoms with Crippen molar-refractivity contribution in [3.63, 3.8) is 0 Å². The van der Waals surface area contributed by atoms with E-state index in [9.17, 15) is 0 Å². The summed E-state index contributed by atoms with van der Waals surface area (Å²) in [5.41, 5.74) is 6.42. The molecule has 0 aliphatic carbocycles. The van der Waals surface area contributed by atoms with Gasteiger partial charge in [0.25, 0.3) is 0 Å². The van der Waals surface area contributed by atoms with E-state index in [1.54, 1.807) is 14.0 Å². The predicted molar refractivity (Wildman–Crippen MR) is 35.9 cm³/mol. The maximum Gasteiger partial charge on any atom is 0.0843 e. The van der Waals surface area contributed by atoms with Crippen LogP contribution < -0.4 is 11.6 Å². The van der Waals surface area contributed by atoms with Gasteiger partial charge in [0.1, 0.15) is 0 Å².